The van der Waals surface area contributed by atoms with Crippen LogP contribution in [0.3, 0.4) is 0 Å². The van der Waals surface area contributed by atoms with Gasteiger partial charge < -0.3 is 14.3 Å². The van der Waals surface area contributed by atoms with E-state index in [1.54, 1.807) is 6.26 Å². The molecule has 0 atom stereocenters. The van der Waals surface area contributed by atoms with E-state index in [1.165, 1.54) is 5.56 Å². The Labute approximate surface area is 102 Å². The molecule has 0 amide bonds. The molecule has 92 valence electrons. The van der Waals surface area contributed by atoms with Crippen molar-refractivity contribution >= 4 is 0 Å². The summed E-state index contributed by atoms with van der Waals surface area (Å²) in [6.07, 6.45) is 7.49. The van der Waals surface area contributed by atoms with Gasteiger partial charge in [0, 0.05) is 31.4 Å². The van der Waals surface area contributed by atoms with Crippen LogP contribution in [0.15, 0.2) is 29.1 Å². The lowest BCUT2D eigenvalue weighted by molar-refractivity contribution is 0.479. The maximum absolute atomic E-state index is 5.50. The maximum atomic E-state index is 5.50. The van der Waals surface area contributed by atoms with Gasteiger partial charge in [0.25, 0.3) is 0 Å². The Hall–Kier alpha value is -1.55. The zero-order chi connectivity index (χ0) is 12.1. The van der Waals surface area contributed by atoms with Gasteiger partial charge in [-0.1, -0.05) is 6.92 Å². The van der Waals surface area contributed by atoms with Crippen LogP contribution in [0, 0.1) is 0 Å². The summed E-state index contributed by atoms with van der Waals surface area (Å²) >= 11 is 0. The van der Waals surface area contributed by atoms with E-state index in [-0.39, 0.29) is 0 Å². The molecule has 2 heterocycles. The van der Waals surface area contributed by atoms with Crippen molar-refractivity contribution in [3.05, 3.63) is 41.9 Å². The lowest BCUT2D eigenvalue weighted by Gasteiger charge is -2.04. The number of furan rings is 1. The van der Waals surface area contributed by atoms with Gasteiger partial charge in [-0.25, -0.2) is 4.98 Å². The highest BCUT2D eigenvalue weighted by Crippen LogP contribution is 2.14. The Kier molecular flexibility index (Phi) is 3.98. The summed E-state index contributed by atoms with van der Waals surface area (Å²) in [6.45, 7) is 3.97. The van der Waals surface area contributed by atoms with Crippen LogP contribution in [0.2, 0.25) is 0 Å². The molecule has 0 aromatic carbocycles. The third-order valence-corrected chi connectivity index (χ3v) is 2.82. The second kappa shape index (κ2) is 5.68. The van der Waals surface area contributed by atoms with E-state index < -0.39 is 0 Å². The first kappa shape index (κ1) is 11.9. The van der Waals surface area contributed by atoms with E-state index in [0.717, 1.165) is 37.5 Å². The van der Waals surface area contributed by atoms with Crippen molar-refractivity contribution in [2.24, 2.45) is 7.05 Å². The topological polar surface area (TPSA) is 43.0 Å². The third-order valence-electron chi connectivity index (χ3n) is 2.82. The molecule has 0 radical (unpaired) electrons. The lowest BCUT2D eigenvalue weighted by atomic mass is 10.1. The van der Waals surface area contributed by atoms with Crippen LogP contribution < -0.4 is 5.32 Å². The van der Waals surface area contributed by atoms with Gasteiger partial charge in [0.2, 0.25) is 0 Å². The molecule has 4 heteroatoms. The number of nitrogens with zero attached hydrogens (tertiary/aromatic N) is 2. The van der Waals surface area contributed by atoms with Gasteiger partial charge in [0.05, 0.1) is 12.8 Å². The number of nitrogens with one attached hydrogen (secondary N) is 1. The molecule has 0 fully saturated rings. The highest BCUT2D eigenvalue weighted by molar-refractivity contribution is 5.21. The Balaban J connectivity index is 2.01. The first-order valence-corrected chi connectivity index (χ1v) is 6.03. The maximum Gasteiger partial charge on any atom is 0.121 e. The number of imidazole rings is 1. The second-order valence-electron chi connectivity index (χ2n) is 4.18. The average Bonchev–Trinajstić information content (AvgIpc) is 2.91. The SMILES string of the molecule is CCCNCc1occc1Cc1nccn1C. The smallest absolute Gasteiger partial charge is 0.121 e. The van der Waals surface area contributed by atoms with Crippen molar-refractivity contribution in [3.63, 3.8) is 0 Å². The molecule has 0 spiro atoms. The molecule has 0 aliphatic carbocycles. The molecule has 17 heavy (non-hydrogen) atoms. The number of hydrogen-bond donors (Lipinski definition) is 1. The third kappa shape index (κ3) is 2.97. The van der Waals surface area contributed by atoms with Crippen LogP contribution >= 0.6 is 0 Å². The summed E-state index contributed by atoms with van der Waals surface area (Å²) < 4.78 is 7.54. The van der Waals surface area contributed by atoms with Gasteiger partial charge in [-0.3, -0.25) is 0 Å². The molecule has 4 nitrogen and oxygen atoms in total. The molecule has 2 rings (SSSR count). The first-order valence-electron chi connectivity index (χ1n) is 6.03. The van der Waals surface area contributed by atoms with Gasteiger partial charge in [-0.15, -0.1) is 0 Å². The van der Waals surface area contributed by atoms with Gasteiger partial charge in [-0.2, -0.15) is 0 Å². The predicted molar refractivity (Wildman–Crippen MR) is 66.7 cm³/mol. The minimum atomic E-state index is 0.792. The van der Waals surface area contributed by atoms with E-state index in [0.29, 0.717) is 0 Å². The summed E-state index contributed by atoms with van der Waals surface area (Å²) in [6, 6.07) is 2.03. The minimum absolute atomic E-state index is 0.792. The summed E-state index contributed by atoms with van der Waals surface area (Å²) in [5.41, 5.74) is 1.21. The van der Waals surface area contributed by atoms with Crippen molar-refractivity contribution < 1.29 is 4.42 Å². The zero-order valence-corrected chi connectivity index (χ0v) is 10.4. The van der Waals surface area contributed by atoms with Gasteiger partial charge in [-0.05, 0) is 19.0 Å². The summed E-state index contributed by atoms with van der Waals surface area (Å²) in [7, 11) is 2.01. The molecule has 2 aromatic heterocycles. The molecule has 0 unspecified atom stereocenters. The molecule has 0 aliphatic rings. The number of aromatic nitrogens is 2. The number of aryl methyl sites for hydroxylation is 1. The Bertz CT molecular complexity index is 459. The fraction of sp³-hybridized carbons (Fsp3) is 0.462. The van der Waals surface area contributed by atoms with Crippen molar-refractivity contribution in [2.45, 2.75) is 26.3 Å². The molecule has 1 N–H and O–H groups in total. The van der Waals surface area contributed by atoms with Crippen LogP contribution in [0.5, 0.6) is 0 Å². The van der Waals surface area contributed by atoms with Crippen LogP contribution in [0.4, 0.5) is 0 Å². The van der Waals surface area contributed by atoms with Crippen molar-refractivity contribution in [2.75, 3.05) is 6.54 Å². The van der Waals surface area contributed by atoms with Crippen molar-refractivity contribution in [1.82, 2.24) is 14.9 Å². The molecule has 0 aliphatic heterocycles. The van der Waals surface area contributed by atoms with E-state index >= 15 is 0 Å². The predicted octanol–water partition coefficient (Wildman–Crippen LogP) is 2.10. The number of rotatable bonds is 6. The zero-order valence-electron chi connectivity index (χ0n) is 10.4. The van der Waals surface area contributed by atoms with Crippen molar-refractivity contribution in [3.8, 4) is 0 Å². The fourth-order valence-corrected chi connectivity index (χ4v) is 1.80. The van der Waals surface area contributed by atoms with Gasteiger partial charge in [0.1, 0.15) is 11.6 Å². The quantitative estimate of drug-likeness (QED) is 0.777. The molecule has 0 saturated carbocycles. The standard InChI is InChI=1S/C13H19N3O/c1-3-5-14-10-12-11(4-8-17-12)9-13-15-6-7-16(13)2/h4,6-8,14H,3,5,9-10H2,1-2H3. The molecule has 2 aromatic rings. The Morgan fingerprint density at radius 2 is 2.35 bits per heavy atom. The van der Waals surface area contributed by atoms with E-state index in [1.807, 2.05) is 30.1 Å². The fourth-order valence-electron chi connectivity index (χ4n) is 1.80. The van der Waals surface area contributed by atoms with Crippen LogP contribution in [-0.4, -0.2) is 16.1 Å². The van der Waals surface area contributed by atoms with Crippen LogP contribution in [-0.2, 0) is 20.0 Å². The molecular formula is C13H19N3O. The molecule has 0 bridgehead atoms. The monoisotopic (exact) mass is 233 g/mol. The second-order valence-corrected chi connectivity index (χ2v) is 4.18. The lowest BCUT2D eigenvalue weighted by Crippen LogP contribution is -2.14. The Morgan fingerprint density at radius 1 is 1.47 bits per heavy atom. The van der Waals surface area contributed by atoms with Gasteiger partial charge in [0.15, 0.2) is 0 Å². The highest BCUT2D eigenvalue weighted by atomic mass is 16.3. The normalized spacial score (nSPS) is 10.9. The summed E-state index contributed by atoms with van der Waals surface area (Å²) in [4.78, 5) is 4.33. The molecule has 0 saturated heterocycles. The van der Waals surface area contributed by atoms with Crippen molar-refractivity contribution in [1.29, 1.82) is 0 Å². The van der Waals surface area contributed by atoms with E-state index in [2.05, 4.69) is 17.2 Å². The number of hydrogen-bond acceptors (Lipinski definition) is 3. The molecular weight excluding hydrogens is 214 g/mol. The van der Waals surface area contributed by atoms with Crippen LogP contribution in [0.25, 0.3) is 0 Å². The van der Waals surface area contributed by atoms with Gasteiger partial charge >= 0.3 is 0 Å². The largest absolute Gasteiger partial charge is 0.468 e. The minimum Gasteiger partial charge on any atom is -0.468 e. The van der Waals surface area contributed by atoms with Crippen LogP contribution in [0.1, 0.15) is 30.5 Å². The first-order chi connectivity index (χ1) is 8.31. The van der Waals surface area contributed by atoms with E-state index in [4.69, 9.17) is 4.42 Å². The average molecular weight is 233 g/mol. The van der Waals surface area contributed by atoms with E-state index in [9.17, 15) is 0 Å². The Morgan fingerprint density at radius 3 is 3.06 bits per heavy atom. The summed E-state index contributed by atoms with van der Waals surface area (Å²) in [5, 5.41) is 3.35. The highest BCUT2D eigenvalue weighted by Gasteiger charge is 2.09. The summed E-state index contributed by atoms with van der Waals surface area (Å²) in [5.74, 6) is 2.07.